The Morgan fingerprint density at radius 2 is 1.91 bits per heavy atom. The van der Waals surface area contributed by atoms with Crippen molar-refractivity contribution in [1.82, 2.24) is 4.90 Å². The van der Waals surface area contributed by atoms with Crippen LogP contribution >= 0.6 is 0 Å². The highest BCUT2D eigenvalue weighted by Gasteiger charge is 2.35. The lowest BCUT2D eigenvalue weighted by Gasteiger charge is -2.38. The van der Waals surface area contributed by atoms with Crippen molar-refractivity contribution >= 4 is 11.6 Å². The van der Waals surface area contributed by atoms with Crippen LogP contribution in [0.4, 0.5) is 5.69 Å². The van der Waals surface area contributed by atoms with E-state index in [2.05, 4.69) is 10.2 Å². The van der Waals surface area contributed by atoms with Gasteiger partial charge < -0.3 is 15.2 Å². The monoisotopic (exact) mass is 318 g/mol. The molecule has 2 aliphatic rings. The fraction of sp³-hybridized carbons (Fsp3) is 0.611. The predicted molar refractivity (Wildman–Crippen MR) is 89.8 cm³/mol. The topological polar surface area (TPSA) is 61.8 Å². The summed E-state index contributed by atoms with van der Waals surface area (Å²) in [4.78, 5) is 15.1. The van der Waals surface area contributed by atoms with Crippen molar-refractivity contribution in [3.8, 4) is 5.75 Å². The number of nitrogens with one attached hydrogen (secondary N) is 1. The molecule has 0 bridgehead atoms. The summed E-state index contributed by atoms with van der Waals surface area (Å²) in [7, 11) is 0. The number of amides is 1. The molecular weight excluding hydrogens is 292 g/mol. The zero-order valence-electron chi connectivity index (χ0n) is 14.0. The molecule has 2 fully saturated rings. The van der Waals surface area contributed by atoms with Crippen molar-refractivity contribution in [3.05, 3.63) is 23.3 Å². The summed E-state index contributed by atoms with van der Waals surface area (Å²) in [6, 6.07) is 3.91. The van der Waals surface area contributed by atoms with Crippen LogP contribution in [0.2, 0.25) is 0 Å². The van der Waals surface area contributed by atoms with E-state index >= 15 is 0 Å². The number of aryl methyl sites for hydroxylation is 2. The molecule has 1 aliphatic heterocycles. The molecule has 5 nitrogen and oxygen atoms in total. The molecule has 1 aliphatic carbocycles. The van der Waals surface area contributed by atoms with E-state index in [0.717, 1.165) is 23.4 Å². The maximum absolute atomic E-state index is 12.7. The molecule has 1 unspecified atom stereocenters. The minimum absolute atomic E-state index is 0.0129. The molecule has 1 atom stereocenters. The van der Waals surface area contributed by atoms with Crippen LogP contribution < -0.4 is 5.32 Å². The zero-order chi connectivity index (χ0) is 16.4. The third-order valence-corrected chi connectivity index (χ3v) is 5.02. The minimum atomic E-state index is -0.221. The van der Waals surface area contributed by atoms with Gasteiger partial charge in [0.15, 0.2) is 0 Å². The van der Waals surface area contributed by atoms with Crippen LogP contribution in [0.25, 0.3) is 0 Å². The standard InChI is InChI=1S/C18H26N2O3/c1-12-9-14(10-13(2)17(12)21)19-18(22)16-11-23-8-7-20(16)15-5-3-4-6-15/h9-10,15-16,21H,3-8,11H2,1-2H3,(H,19,22). The van der Waals surface area contributed by atoms with Gasteiger partial charge in [-0.3, -0.25) is 9.69 Å². The Morgan fingerprint density at radius 1 is 1.26 bits per heavy atom. The minimum Gasteiger partial charge on any atom is -0.507 e. The van der Waals surface area contributed by atoms with Crippen LogP contribution in [-0.2, 0) is 9.53 Å². The first-order chi connectivity index (χ1) is 11.1. The van der Waals surface area contributed by atoms with Gasteiger partial charge >= 0.3 is 0 Å². The average Bonchev–Trinajstić information content (AvgIpc) is 3.07. The van der Waals surface area contributed by atoms with Gasteiger partial charge in [-0.15, -0.1) is 0 Å². The average molecular weight is 318 g/mol. The lowest BCUT2D eigenvalue weighted by molar-refractivity contribution is -0.129. The summed E-state index contributed by atoms with van der Waals surface area (Å²) in [5, 5.41) is 12.9. The van der Waals surface area contributed by atoms with E-state index < -0.39 is 0 Å². The van der Waals surface area contributed by atoms with Crippen LogP contribution in [0.5, 0.6) is 5.75 Å². The van der Waals surface area contributed by atoms with Gasteiger partial charge in [0, 0.05) is 18.3 Å². The number of hydrogen-bond acceptors (Lipinski definition) is 4. The third kappa shape index (κ3) is 3.51. The van der Waals surface area contributed by atoms with E-state index in [1.54, 1.807) is 0 Å². The number of carbonyl (C=O) groups excluding carboxylic acids is 1. The predicted octanol–water partition coefficient (Wildman–Crippen LogP) is 2.59. The molecule has 1 amide bonds. The maximum atomic E-state index is 12.7. The van der Waals surface area contributed by atoms with E-state index in [4.69, 9.17) is 4.74 Å². The van der Waals surface area contributed by atoms with Crippen molar-refractivity contribution in [1.29, 1.82) is 0 Å². The Morgan fingerprint density at radius 3 is 2.57 bits per heavy atom. The Kier molecular flexibility index (Phi) is 4.87. The van der Waals surface area contributed by atoms with Crippen molar-refractivity contribution in [3.63, 3.8) is 0 Å². The molecule has 0 spiro atoms. The van der Waals surface area contributed by atoms with E-state index in [1.807, 2.05) is 26.0 Å². The number of hydrogen-bond donors (Lipinski definition) is 2. The Labute approximate surface area is 137 Å². The van der Waals surface area contributed by atoms with Crippen molar-refractivity contribution in [2.24, 2.45) is 0 Å². The van der Waals surface area contributed by atoms with Gasteiger partial charge in [0.05, 0.1) is 13.2 Å². The number of anilines is 1. The van der Waals surface area contributed by atoms with Gasteiger partial charge in [-0.05, 0) is 49.9 Å². The van der Waals surface area contributed by atoms with E-state index in [9.17, 15) is 9.90 Å². The molecule has 23 heavy (non-hydrogen) atoms. The van der Waals surface area contributed by atoms with E-state index in [1.165, 1.54) is 25.7 Å². The summed E-state index contributed by atoms with van der Waals surface area (Å²) in [6.45, 7) is 5.67. The van der Waals surface area contributed by atoms with Gasteiger partial charge in [-0.2, -0.15) is 0 Å². The van der Waals surface area contributed by atoms with E-state index in [0.29, 0.717) is 19.3 Å². The molecular formula is C18H26N2O3. The largest absolute Gasteiger partial charge is 0.507 e. The third-order valence-electron chi connectivity index (χ3n) is 5.02. The Bertz CT molecular complexity index is 559. The van der Waals surface area contributed by atoms with Crippen LogP contribution in [0.1, 0.15) is 36.8 Å². The van der Waals surface area contributed by atoms with Crippen molar-refractivity contribution < 1.29 is 14.6 Å². The normalized spacial score (nSPS) is 23.1. The SMILES string of the molecule is Cc1cc(NC(=O)C2COCCN2C2CCCC2)cc(C)c1O. The van der Waals surface area contributed by atoms with Crippen molar-refractivity contribution in [2.45, 2.75) is 51.6 Å². The summed E-state index contributed by atoms with van der Waals surface area (Å²) in [5.41, 5.74) is 2.28. The lowest BCUT2D eigenvalue weighted by atomic mass is 10.1. The van der Waals surface area contributed by atoms with Gasteiger partial charge in [0.25, 0.3) is 0 Å². The highest BCUT2D eigenvalue weighted by atomic mass is 16.5. The van der Waals surface area contributed by atoms with E-state index in [-0.39, 0.29) is 17.7 Å². The fourth-order valence-electron chi connectivity index (χ4n) is 3.77. The second-order valence-electron chi connectivity index (χ2n) is 6.71. The fourth-order valence-corrected chi connectivity index (χ4v) is 3.77. The first kappa shape index (κ1) is 16.3. The zero-order valence-corrected chi connectivity index (χ0v) is 14.0. The quantitative estimate of drug-likeness (QED) is 0.841. The first-order valence-electron chi connectivity index (χ1n) is 8.51. The second kappa shape index (κ2) is 6.89. The number of phenolic OH excluding ortho intramolecular Hbond substituents is 1. The second-order valence-corrected chi connectivity index (χ2v) is 6.71. The number of aromatic hydroxyl groups is 1. The summed E-state index contributed by atoms with van der Waals surface area (Å²) >= 11 is 0. The van der Waals surface area contributed by atoms with Crippen LogP contribution in [0.15, 0.2) is 12.1 Å². The molecule has 1 aromatic rings. The molecule has 1 saturated heterocycles. The highest BCUT2D eigenvalue weighted by Crippen LogP contribution is 2.28. The summed E-state index contributed by atoms with van der Waals surface area (Å²) < 4.78 is 5.55. The van der Waals surface area contributed by atoms with Gasteiger partial charge in [0.1, 0.15) is 11.8 Å². The molecule has 1 aromatic carbocycles. The highest BCUT2D eigenvalue weighted by molar-refractivity contribution is 5.95. The molecule has 2 N–H and O–H groups in total. The summed E-state index contributed by atoms with van der Waals surface area (Å²) in [5.74, 6) is 0.276. The molecule has 5 heteroatoms. The van der Waals surface area contributed by atoms with Gasteiger partial charge in [-0.1, -0.05) is 12.8 Å². The number of nitrogens with zero attached hydrogens (tertiary/aromatic N) is 1. The Balaban J connectivity index is 1.73. The van der Waals surface area contributed by atoms with Crippen LogP contribution in [0.3, 0.4) is 0 Å². The molecule has 0 radical (unpaired) electrons. The molecule has 3 rings (SSSR count). The van der Waals surface area contributed by atoms with Gasteiger partial charge in [-0.25, -0.2) is 0 Å². The van der Waals surface area contributed by atoms with Gasteiger partial charge in [0.2, 0.25) is 5.91 Å². The van der Waals surface area contributed by atoms with Crippen molar-refractivity contribution in [2.75, 3.05) is 25.1 Å². The maximum Gasteiger partial charge on any atom is 0.244 e. The molecule has 1 heterocycles. The number of carbonyl (C=O) groups is 1. The molecule has 0 aromatic heterocycles. The number of phenols is 1. The molecule has 126 valence electrons. The van der Waals surface area contributed by atoms with Crippen LogP contribution in [-0.4, -0.2) is 47.8 Å². The molecule has 1 saturated carbocycles. The Hall–Kier alpha value is -1.59. The number of benzene rings is 1. The first-order valence-corrected chi connectivity index (χ1v) is 8.51. The summed E-state index contributed by atoms with van der Waals surface area (Å²) in [6.07, 6.45) is 4.88. The smallest absolute Gasteiger partial charge is 0.244 e. The van der Waals surface area contributed by atoms with Crippen LogP contribution in [0, 0.1) is 13.8 Å². The number of morpholine rings is 1. The number of rotatable bonds is 3. The number of ether oxygens (including phenoxy) is 1. The lowest BCUT2D eigenvalue weighted by Crippen LogP contribution is -2.55.